The summed E-state index contributed by atoms with van der Waals surface area (Å²) in [5.41, 5.74) is 0. The zero-order chi connectivity index (χ0) is 2.71. The first-order valence-corrected chi connectivity index (χ1v) is 1.93. The normalized spacial score (nSPS) is 4.50. The Hall–Kier alpha value is 1.69. The van der Waals surface area contributed by atoms with Gasteiger partial charge in [-0.05, 0) is 6.16 Å². The summed E-state index contributed by atoms with van der Waals surface area (Å²) >= 11 is 0. The van der Waals surface area contributed by atoms with E-state index in [2.05, 4.69) is 16.2 Å². The van der Waals surface area contributed by atoms with Gasteiger partial charge in [-0.1, -0.05) is 6.92 Å². The van der Waals surface area contributed by atoms with Crippen molar-refractivity contribution in [2.75, 3.05) is 6.16 Å². The summed E-state index contributed by atoms with van der Waals surface area (Å²) in [5, 5.41) is 0. The molecule has 0 fully saturated rings. The Bertz CT molecular complexity index is 6.00. The molecule has 0 amide bonds. The molecule has 0 bridgehead atoms. The third-order valence-corrected chi connectivity index (χ3v) is 0. The molecule has 0 saturated carbocycles. The third kappa shape index (κ3) is 9.35. The van der Waals surface area contributed by atoms with E-state index in [9.17, 15) is 0 Å². The average molecular weight is 102 g/mol. The van der Waals surface area contributed by atoms with Gasteiger partial charge in [0, 0.05) is 37.7 Å². The van der Waals surface area contributed by atoms with Crippen LogP contribution in [-0.4, -0.2) is 43.9 Å². The van der Waals surface area contributed by atoms with Gasteiger partial charge in [0.05, 0.1) is 0 Å². The van der Waals surface area contributed by atoms with Crippen molar-refractivity contribution in [3.8, 4) is 0 Å². The molecule has 2 radical (unpaired) electrons. The smallest absolute Gasteiger partial charge is 0 e. The van der Waals surface area contributed by atoms with Crippen LogP contribution in [0.1, 0.15) is 6.92 Å². The van der Waals surface area contributed by atoms with Crippen LogP contribution < -0.4 is 0 Å². The minimum atomic E-state index is 0. The van der Waals surface area contributed by atoms with Gasteiger partial charge in [0.2, 0.25) is 0 Å². The van der Waals surface area contributed by atoms with Gasteiger partial charge in [0.1, 0.15) is 0 Å². The SMILES string of the molecule is CCP.[Ca]. The standard InChI is InChI=1S/C2H7P.Ca/c1-2-3;/h2-3H2,1H3;. The summed E-state index contributed by atoms with van der Waals surface area (Å²) in [6.45, 7) is 2.09. The number of hydrogen-bond donors (Lipinski definition) is 0. The maximum absolute atomic E-state index is 2.58. The van der Waals surface area contributed by atoms with E-state index in [4.69, 9.17) is 0 Å². The van der Waals surface area contributed by atoms with Crippen LogP contribution in [0, 0.1) is 0 Å². The molecule has 0 aliphatic heterocycles. The average Bonchev–Trinajstić information content (AvgIpc) is 0.918. The minimum Gasteiger partial charge on any atom is -0.138 e. The number of hydrogen-bond acceptors (Lipinski definition) is 0. The van der Waals surface area contributed by atoms with Gasteiger partial charge in [-0.2, -0.15) is 0 Å². The summed E-state index contributed by atoms with van der Waals surface area (Å²) in [5.74, 6) is 0. The van der Waals surface area contributed by atoms with E-state index in [0.717, 1.165) is 0 Å². The van der Waals surface area contributed by atoms with Crippen molar-refractivity contribution in [1.29, 1.82) is 0 Å². The minimum absolute atomic E-state index is 0. The Morgan fingerprint density at radius 1 is 1.75 bits per heavy atom. The van der Waals surface area contributed by atoms with Gasteiger partial charge < -0.3 is 0 Å². The summed E-state index contributed by atoms with van der Waals surface area (Å²) in [7, 11) is 2.58. The predicted molar refractivity (Wildman–Crippen MR) is 26.0 cm³/mol. The molecular weight excluding hydrogens is 95.1 g/mol. The molecule has 0 rings (SSSR count). The summed E-state index contributed by atoms with van der Waals surface area (Å²) in [4.78, 5) is 0. The van der Waals surface area contributed by atoms with E-state index in [1.807, 2.05) is 0 Å². The predicted octanol–water partition coefficient (Wildman–Crippen LogP) is 0.501. The first-order chi connectivity index (χ1) is 1.41. The molecule has 4 heavy (non-hydrogen) atoms. The quantitative estimate of drug-likeness (QED) is 0.308. The molecule has 0 heterocycles. The van der Waals surface area contributed by atoms with Gasteiger partial charge in [-0.3, -0.25) is 0 Å². The fraction of sp³-hybridized carbons (Fsp3) is 1.00. The first kappa shape index (κ1) is 9.19. The Morgan fingerprint density at radius 2 is 1.75 bits per heavy atom. The maximum atomic E-state index is 2.58. The van der Waals surface area contributed by atoms with E-state index in [1.54, 1.807) is 0 Å². The van der Waals surface area contributed by atoms with E-state index in [-0.39, 0.29) is 37.7 Å². The van der Waals surface area contributed by atoms with Crippen molar-refractivity contribution >= 4 is 47.0 Å². The van der Waals surface area contributed by atoms with Crippen LogP contribution in [-0.2, 0) is 0 Å². The van der Waals surface area contributed by atoms with Crippen LogP contribution in [0.15, 0.2) is 0 Å². The summed E-state index contributed by atoms with van der Waals surface area (Å²) < 4.78 is 0. The van der Waals surface area contributed by atoms with Crippen molar-refractivity contribution in [3.63, 3.8) is 0 Å². The summed E-state index contributed by atoms with van der Waals surface area (Å²) in [6.07, 6.45) is 1.17. The van der Waals surface area contributed by atoms with Crippen LogP contribution in [0.3, 0.4) is 0 Å². The monoisotopic (exact) mass is 102 g/mol. The molecular formula is C2H7CaP. The fourth-order valence-corrected chi connectivity index (χ4v) is 0. The second kappa shape index (κ2) is 8.83. The summed E-state index contributed by atoms with van der Waals surface area (Å²) in [6, 6.07) is 0. The van der Waals surface area contributed by atoms with Gasteiger partial charge in [0.25, 0.3) is 0 Å². The van der Waals surface area contributed by atoms with Crippen molar-refractivity contribution in [2.24, 2.45) is 0 Å². The van der Waals surface area contributed by atoms with E-state index in [0.29, 0.717) is 0 Å². The molecule has 0 saturated heterocycles. The Balaban J connectivity index is 0. The van der Waals surface area contributed by atoms with E-state index in [1.165, 1.54) is 6.16 Å². The van der Waals surface area contributed by atoms with Crippen molar-refractivity contribution in [3.05, 3.63) is 0 Å². The van der Waals surface area contributed by atoms with Crippen molar-refractivity contribution in [2.45, 2.75) is 6.92 Å². The molecule has 0 aromatic heterocycles. The molecule has 1 atom stereocenters. The van der Waals surface area contributed by atoms with Crippen LogP contribution >= 0.6 is 9.24 Å². The largest absolute Gasteiger partial charge is 0.138 e. The van der Waals surface area contributed by atoms with Gasteiger partial charge in [-0.25, -0.2) is 0 Å². The number of rotatable bonds is 0. The second-order valence-electron chi connectivity index (χ2n) is 0.408. The molecule has 0 aromatic rings. The molecule has 2 heteroatoms. The molecule has 1 unspecified atom stereocenters. The maximum Gasteiger partial charge on any atom is 0 e. The molecule has 0 aromatic carbocycles. The van der Waals surface area contributed by atoms with Gasteiger partial charge >= 0.3 is 0 Å². The van der Waals surface area contributed by atoms with Crippen LogP contribution in [0.2, 0.25) is 0 Å². The van der Waals surface area contributed by atoms with Crippen LogP contribution in [0.5, 0.6) is 0 Å². The first-order valence-electron chi connectivity index (χ1n) is 1.12. The Labute approximate surface area is 59.5 Å². The fourth-order valence-electron chi connectivity index (χ4n) is 0. The molecule has 0 spiro atoms. The Kier molecular flexibility index (Phi) is 20.3. The molecule has 0 aliphatic rings. The molecule has 0 aliphatic carbocycles. The van der Waals surface area contributed by atoms with Crippen LogP contribution in [0.25, 0.3) is 0 Å². The molecule has 22 valence electrons. The van der Waals surface area contributed by atoms with Gasteiger partial charge in [0.15, 0.2) is 0 Å². The zero-order valence-corrected chi connectivity index (χ0v) is 6.35. The van der Waals surface area contributed by atoms with E-state index < -0.39 is 0 Å². The molecule has 0 N–H and O–H groups in total. The second-order valence-corrected chi connectivity index (χ2v) is 1.22. The Morgan fingerprint density at radius 3 is 1.75 bits per heavy atom. The van der Waals surface area contributed by atoms with Crippen LogP contribution in [0.4, 0.5) is 0 Å². The van der Waals surface area contributed by atoms with Crippen molar-refractivity contribution in [1.82, 2.24) is 0 Å². The third-order valence-electron chi connectivity index (χ3n) is 0. The van der Waals surface area contributed by atoms with Crippen molar-refractivity contribution < 1.29 is 0 Å². The zero-order valence-electron chi connectivity index (χ0n) is 2.99. The molecule has 0 nitrogen and oxygen atoms in total. The topological polar surface area (TPSA) is 0 Å². The van der Waals surface area contributed by atoms with E-state index >= 15 is 0 Å². The van der Waals surface area contributed by atoms with Gasteiger partial charge in [-0.15, -0.1) is 9.24 Å².